The van der Waals surface area contributed by atoms with E-state index < -0.39 is 11.9 Å². The average molecular weight is 729 g/mol. The Bertz CT molecular complexity index is 1840. The monoisotopic (exact) mass is 728 g/mol. The highest BCUT2D eigenvalue weighted by Crippen LogP contribution is 2.25. The summed E-state index contributed by atoms with van der Waals surface area (Å²) < 4.78 is 11.4. The van der Waals surface area contributed by atoms with E-state index in [1.54, 1.807) is 24.3 Å². The molecule has 0 atom stereocenters. The van der Waals surface area contributed by atoms with Crippen molar-refractivity contribution in [1.29, 1.82) is 0 Å². The Labute approximate surface area is 313 Å². The van der Waals surface area contributed by atoms with Crippen LogP contribution in [0.15, 0.2) is 158 Å². The fourth-order valence-corrected chi connectivity index (χ4v) is 6.66. The van der Waals surface area contributed by atoms with Gasteiger partial charge in [-0.2, -0.15) is 23.5 Å². The second kappa shape index (κ2) is 20.4. The Morgan fingerprint density at radius 3 is 1.19 bits per heavy atom. The van der Waals surface area contributed by atoms with Crippen LogP contribution >= 0.6 is 23.5 Å². The lowest BCUT2D eigenvalue weighted by Gasteiger charge is -2.08. The molecule has 0 radical (unpaired) electrons. The fourth-order valence-electron chi connectivity index (χ4n) is 5.14. The number of ether oxygens (including phenoxy) is 2. The predicted molar refractivity (Wildman–Crippen MR) is 214 cm³/mol. The molecule has 6 rings (SSSR count). The summed E-state index contributed by atoms with van der Waals surface area (Å²) in [5.41, 5.74) is 7.34. The molecule has 0 saturated carbocycles. The predicted octanol–water partition coefficient (Wildman–Crippen LogP) is 10.7. The molecule has 6 aromatic rings. The van der Waals surface area contributed by atoms with E-state index in [9.17, 15) is 9.59 Å². The molecular weight excluding hydrogens is 689 g/mol. The van der Waals surface area contributed by atoms with Crippen LogP contribution in [0.4, 0.5) is 0 Å². The first-order valence-corrected chi connectivity index (χ1v) is 19.1. The van der Waals surface area contributed by atoms with E-state index in [0.29, 0.717) is 24.3 Å². The van der Waals surface area contributed by atoms with Crippen LogP contribution in [-0.2, 0) is 11.5 Å². The van der Waals surface area contributed by atoms with Gasteiger partial charge in [-0.3, -0.25) is 0 Å². The van der Waals surface area contributed by atoms with Crippen molar-refractivity contribution in [3.05, 3.63) is 180 Å². The maximum atomic E-state index is 11.0. The molecule has 264 valence electrons. The first-order chi connectivity index (χ1) is 25.4. The van der Waals surface area contributed by atoms with Crippen molar-refractivity contribution in [3.63, 3.8) is 0 Å². The van der Waals surface area contributed by atoms with E-state index in [-0.39, 0.29) is 0 Å². The van der Waals surface area contributed by atoms with Gasteiger partial charge in [0.15, 0.2) is 0 Å². The summed E-state index contributed by atoms with van der Waals surface area (Å²) in [6.07, 6.45) is 0. The minimum Gasteiger partial charge on any atom is -0.493 e. The Kier molecular flexibility index (Phi) is 14.8. The van der Waals surface area contributed by atoms with Crippen molar-refractivity contribution in [2.24, 2.45) is 0 Å². The zero-order valence-corrected chi connectivity index (χ0v) is 30.2. The Morgan fingerprint density at radius 2 is 0.827 bits per heavy atom. The lowest BCUT2D eigenvalue weighted by Crippen LogP contribution is -2.00. The number of hydrogen-bond acceptors (Lipinski definition) is 6. The highest BCUT2D eigenvalue weighted by Gasteiger charge is 2.06. The standard InChI is InChI=1S/2C22H20O3S/c2*23-22(24)19-11-9-18(10-12-19)20-6-4-5-17(15-20)16-26-14-13-25-21-7-2-1-3-8-21/h2*1-12,15H,13-14,16H2,(H,23,24). The van der Waals surface area contributed by atoms with E-state index in [1.165, 1.54) is 11.1 Å². The molecule has 6 aromatic carbocycles. The molecule has 0 aliphatic carbocycles. The number of carboxylic acid groups (broad SMARTS) is 2. The normalized spacial score (nSPS) is 10.5. The first-order valence-electron chi connectivity index (χ1n) is 16.8. The zero-order valence-electron chi connectivity index (χ0n) is 28.6. The van der Waals surface area contributed by atoms with Crippen molar-refractivity contribution in [3.8, 4) is 33.8 Å². The van der Waals surface area contributed by atoms with Crippen LogP contribution in [0.1, 0.15) is 31.8 Å². The zero-order chi connectivity index (χ0) is 36.4. The van der Waals surface area contributed by atoms with E-state index in [4.69, 9.17) is 19.7 Å². The number of thioether (sulfide) groups is 2. The molecule has 0 amide bonds. The molecule has 0 aromatic heterocycles. The molecule has 0 fully saturated rings. The fraction of sp³-hybridized carbons (Fsp3) is 0.136. The van der Waals surface area contributed by atoms with Gasteiger partial charge in [-0.25, -0.2) is 9.59 Å². The summed E-state index contributed by atoms with van der Waals surface area (Å²) in [5, 5.41) is 18.0. The Morgan fingerprint density at radius 1 is 0.442 bits per heavy atom. The highest BCUT2D eigenvalue weighted by atomic mass is 32.2. The quantitative estimate of drug-likeness (QED) is 0.0952. The maximum absolute atomic E-state index is 11.0. The van der Waals surface area contributed by atoms with Gasteiger partial charge in [0.1, 0.15) is 11.5 Å². The number of hydrogen-bond donors (Lipinski definition) is 2. The van der Waals surface area contributed by atoms with Gasteiger partial charge in [0.25, 0.3) is 0 Å². The van der Waals surface area contributed by atoms with E-state index in [0.717, 1.165) is 56.8 Å². The Hall–Kier alpha value is -5.44. The largest absolute Gasteiger partial charge is 0.493 e. The maximum Gasteiger partial charge on any atom is 0.335 e. The third kappa shape index (κ3) is 12.4. The molecule has 0 aliphatic heterocycles. The molecule has 0 bridgehead atoms. The van der Waals surface area contributed by atoms with E-state index in [2.05, 4.69) is 24.3 Å². The third-order valence-electron chi connectivity index (χ3n) is 7.80. The first kappa shape index (κ1) is 37.8. The number of rotatable bonds is 16. The van der Waals surface area contributed by atoms with Crippen LogP contribution in [0.5, 0.6) is 11.5 Å². The molecule has 0 aliphatic rings. The van der Waals surface area contributed by atoms with Crippen LogP contribution in [-0.4, -0.2) is 46.9 Å². The van der Waals surface area contributed by atoms with Crippen molar-refractivity contribution in [1.82, 2.24) is 0 Å². The second-order valence-corrected chi connectivity index (χ2v) is 13.8. The molecule has 0 saturated heterocycles. The summed E-state index contributed by atoms with van der Waals surface area (Å²) >= 11 is 3.67. The van der Waals surface area contributed by atoms with Crippen molar-refractivity contribution in [2.45, 2.75) is 11.5 Å². The summed E-state index contributed by atoms with van der Waals surface area (Å²) in [4.78, 5) is 21.9. The lowest BCUT2D eigenvalue weighted by molar-refractivity contribution is 0.0686. The van der Waals surface area contributed by atoms with Crippen molar-refractivity contribution in [2.75, 3.05) is 24.7 Å². The van der Waals surface area contributed by atoms with Crippen LogP contribution in [0, 0.1) is 0 Å². The molecule has 0 unspecified atom stereocenters. The molecule has 0 heterocycles. The van der Waals surface area contributed by atoms with Crippen molar-refractivity contribution >= 4 is 35.5 Å². The second-order valence-electron chi connectivity index (χ2n) is 11.6. The van der Waals surface area contributed by atoms with Crippen LogP contribution in [0.25, 0.3) is 22.3 Å². The lowest BCUT2D eigenvalue weighted by atomic mass is 10.0. The van der Waals surface area contributed by atoms with Crippen LogP contribution in [0.3, 0.4) is 0 Å². The third-order valence-corrected chi connectivity index (χ3v) is 9.79. The van der Waals surface area contributed by atoms with Gasteiger partial charge in [0.2, 0.25) is 0 Å². The average Bonchev–Trinajstić information content (AvgIpc) is 3.19. The molecule has 52 heavy (non-hydrogen) atoms. The molecule has 2 N–H and O–H groups in total. The summed E-state index contributed by atoms with van der Waals surface area (Å²) in [5.74, 6) is 3.68. The summed E-state index contributed by atoms with van der Waals surface area (Å²) in [6, 6.07) is 50.3. The molecule has 8 heteroatoms. The number of benzene rings is 6. The smallest absolute Gasteiger partial charge is 0.335 e. The Balaban J connectivity index is 0.000000201. The van der Waals surface area contributed by atoms with Gasteiger partial charge >= 0.3 is 11.9 Å². The number of carboxylic acids is 2. The molecule has 0 spiro atoms. The SMILES string of the molecule is O=C(O)c1ccc(-c2cccc(CSCCOc3ccccc3)c2)cc1.O=C(O)c1ccc(-c2cccc(CSCCOc3ccccc3)c2)cc1. The number of aromatic carboxylic acids is 2. The van der Waals surface area contributed by atoms with Crippen molar-refractivity contribution < 1.29 is 29.3 Å². The van der Waals surface area contributed by atoms with Gasteiger partial charge in [-0.1, -0.05) is 109 Å². The van der Waals surface area contributed by atoms with E-state index in [1.807, 2.05) is 133 Å². The summed E-state index contributed by atoms with van der Waals surface area (Å²) in [6.45, 7) is 1.37. The van der Waals surface area contributed by atoms with Crippen LogP contribution in [0.2, 0.25) is 0 Å². The molecular formula is C44H40O6S2. The van der Waals surface area contributed by atoms with E-state index >= 15 is 0 Å². The van der Waals surface area contributed by atoms with Gasteiger partial charge in [-0.05, 0) is 81.9 Å². The minimum atomic E-state index is -0.903. The number of para-hydroxylation sites is 2. The topological polar surface area (TPSA) is 93.1 Å². The summed E-state index contributed by atoms with van der Waals surface area (Å²) in [7, 11) is 0. The minimum absolute atomic E-state index is 0.305. The van der Waals surface area contributed by atoms with Crippen LogP contribution < -0.4 is 9.47 Å². The van der Waals surface area contributed by atoms with Gasteiger partial charge < -0.3 is 19.7 Å². The van der Waals surface area contributed by atoms with Gasteiger partial charge in [0.05, 0.1) is 24.3 Å². The molecule has 6 nitrogen and oxygen atoms in total. The number of carbonyl (C=O) groups is 2. The van der Waals surface area contributed by atoms with Gasteiger partial charge in [0, 0.05) is 23.0 Å². The van der Waals surface area contributed by atoms with Gasteiger partial charge in [-0.15, -0.1) is 0 Å². The highest BCUT2D eigenvalue weighted by molar-refractivity contribution is 7.98.